The first-order chi connectivity index (χ1) is 9.47. The van der Waals surface area contributed by atoms with Gasteiger partial charge in [-0.3, -0.25) is 4.79 Å². The maximum atomic E-state index is 11.9. The molecule has 102 valence electrons. The quantitative estimate of drug-likeness (QED) is 0.391. The summed E-state index contributed by atoms with van der Waals surface area (Å²) in [6.07, 6.45) is 2.48. The Hall–Kier alpha value is -2.95. The zero-order chi connectivity index (χ0) is 14.7. The summed E-state index contributed by atoms with van der Waals surface area (Å²) in [6, 6.07) is 7.56. The van der Waals surface area contributed by atoms with Crippen molar-refractivity contribution in [2.45, 2.75) is 0 Å². The molecule has 4 N–H and O–H groups in total. The fraction of sp³-hybridized carbons (Fsp3) is 0. The van der Waals surface area contributed by atoms with Gasteiger partial charge in [0.05, 0.1) is 5.56 Å². The first kappa shape index (κ1) is 13.5. The molecule has 0 heterocycles. The van der Waals surface area contributed by atoms with Gasteiger partial charge in [0.25, 0.3) is 0 Å². The normalized spacial score (nSPS) is 10.8. The Balaban J connectivity index is 2.27. The summed E-state index contributed by atoms with van der Waals surface area (Å²) in [5.74, 6) is -1.09. The lowest BCUT2D eigenvalue weighted by Crippen LogP contribution is -1.94. The van der Waals surface area contributed by atoms with E-state index in [-0.39, 0.29) is 34.1 Å². The van der Waals surface area contributed by atoms with Crippen molar-refractivity contribution in [3.63, 3.8) is 0 Å². The minimum absolute atomic E-state index is 0.0266. The predicted octanol–water partition coefficient (Wildman–Crippen LogP) is 2.41. The van der Waals surface area contributed by atoms with Crippen molar-refractivity contribution in [2.24, 2.45) is 0 Å². The maximum Gasteiger partial charge on any atom is 0.189 e. The Labute approximate surface area is 114 Å². The second-order valence-electron chi connectivity index (χ2n) is 4.14. The van der Waals surface area contributed by atoms with E-state index in [0.717, 1.165) is 12.1 Å². The molecule has 0 fully saturated rings. The monoisotopic (exact) mass is 272 g/mol. The topological polar surface area (TPSA) is 98.0 Å². The molecule has 0 atom stereocenters. The fourth-order valence-electron chi connectivity index (χ4n) is 1.66. The van der Waals surface area contributed by atoms with Crippen molar-refractivity contribution in [2.75, 3.05) is 0 Å². The van der Waals surface area contributed by atoms with Gasteiger partial charge in [-0.15, -0.1) is 0 Å². The Morgan fingerprint density at radius 3 is 2.20 bits per heavy atom. The van der Waals surface area contributed by atoms with E-state index < -0.39 is 5.78 Å². The van der Waals surface area contributed by atoms with Crippen LogP contribution in [0.25, 0.3) is 6.08 Å². The number of rotatable bonds is 3. The SMILES string of the molecule is O=C(C=Cc1cc(O)ccc1O)c1ccc(O)cc1O. The number of hydrogen-bond donors (Lipinski definition) is 4. The molecular formula is C15H12O5. The molecule has 5 heteroatoms. The molecule has 0 unspecified atom stereocenters. The Bertz CT molecular complexity index is 689. The highest BCUT2D eigenvalue weighted by atomic mass is 16.3. The second kappa shape index (κ2) is 5.36. The molecule has 0 aliphatic rings. The number of aromatic hydroxyl groups is 4. The van der Waals surface area contributed by atoms with Gasteiger partial charge in [0.15, 0.2) is 5.78 Å². The summed E-state index contributed by atoms with van der Waals surface area (Å²) in [4.78, 5) is 11.9. The average molecular weight is 272 g/mol. The van der Waals surface area contributed by atoms with Crippen molar-refractivity contribution in [3.05, 3.63) is 53.6 Å². The number of ketones is 1. The first-order valence-corrected chi connectivity index (χ1v) is 5.74. The molecule has 0 saturated heterocycles. The molecule has 5 nitrogen and oxygen atoms in total. The standard InChI is InChI=1S/C15H12O5/c16-10-3-6-13(18)9(7-10)1-5-14(19)12-4-2-11(17)8-15(12)20/h1-8,16-18,20H. The number of carbonyl (C=O) groups excluding carboxylic acids is 1. The number of phenols is 4. The molecule has 0 bridgehead atoms. The third kappa shape index (κ3) is 2.89. The fourth-order valence-corrected chi connectivity index (χ4v) is 1.66. The molecular weight excluding hydrogens is 260 g/mol. The highest BCUT2D eigenvalue weighted by Gasteiger charge is 2.09. The Morgan fingerprint density at radius 1 is 0.850 bits per heavy atom. The van der Waals surface area contributed by atoms with Gasteiger partial charge in [-0.1, -0.05) is 0 Å². The van der Waals surface area contributed by atoms with E-state index in [4.69, 9.17) is 5.11 Å². The van der Waals surface area contributed by atoms with Crippen LogP contribution in [0.2, 0.25) is 0 Å². The number of carbonyl (C=O) groups is 1. The molecule has 0 spiro atoms. The first-order valence-electron chi connectivity index (χ1n) is 5.74. The molecule has 0 aliphatic carbocycles. The van der Waals surface area contributed by atoms with Gasteiger partial charge in [-0.05, 0) is 42.5 Å². The third-order valence-corrected chi connectivity index (χ3v) is 2.67. The van der Waals surface area contributed by atoms with Gasteiger partial charge < -0.3 is 20.4 Å². The van der Waals surface area contributed by atoms with Crippen LogP contribution in [0.1, 0.15) is 15.9 Å². The Morgan fingerprint density at radius 2 is 1.50 bits per heavy atom. The van der Waals surface area contributed by atoms with E-state index in [1.807, 2.05) is 0 Å². The molecule has 0 saturated carbocycles. The maximum absolute atomic E-state index is 11.9. The average Bonchev–Trinajstić information content (AvgIpc) is 2.39. The summed E-state index contributed by atoms with van der Waals surface area (Å²) in [6.45, 7) is 0. The zero-order valence-corrected chi connectivity index (χ0v) is 10.3. The summed E-state index contributed by atoms with van der Waals surface area (Å²) >= 11 is 0. The molecule has 2 aromatic rings. The van der Waals surface area contributed by atoms with Crippen LogP contribution in [0.3, 0.4) is 0 Å². The largest absolute Gasteiger partial charge is 0.508 e. The molecule has 20 heavy (non-hydrogen) atoms. The number of phenolic OH excluding ortho intramolecular Hbond substituents is 4. The van der Waals surface area contributed by atoms with Crippen LogP contribution in [0.4, 0.5) is 0 Å². The van der Waals surface area contributed by atoms with Crippen LogP contribution < -0.4 is 0 Å². The van der Waals surface area contributed by atoms with Gasteiger partial charge in [-0.2, -0.15) is 0 Å². The lowest BCUT2D eigenvalue weighted by molar-refractivity contribution is 0.104. The van der Waals surface area contributed by atoms with E-state index in [0.29, 0.717) is 0 Å². The van der Waals surface area contributed by atoms with E-state index in [9.17, 15) is 20.1 Å². The summed E-state index contributed by atoms with van der Waals surface area (Å²) in [5, 5.41) is 37.5. The predicted molar refractivity (Wildman–Crippen MR) is 72.9 cm³/mol. The molecule has 2 rings (SSSR count). The molecule has 0 amide bonds. The summed E-state index contributed by atoms with van der Waals surface area (Å²) in [5.41, 5.74) is 0.301. The molecule has 0 aromatic heterocycles. The highest BCUT2D eigenvalue weighted by Crippen LogP contribution is 2.25. The number of hydrogen-bond acceptors (Lipinski definition) is 5. The van der Waals surface area contributed by atoms with Crippen molar-refractivity contribution in [3.8, 4) is 23.0 Å². The minimum Gasteiger partial charge on any atom is -0.508 e. The van der Waals surface area contributed by atoms with Crippen LogP contribution in [0.15, 0.2) is 42.5 Å². The molecule has 2 aromatic carbocycles. The van der Waals surface area contributed by atoms with E-state index >= 15 is 0 Å². The third-order valence-electron chi connectivity index (χ3n) is 2.67. The van der Waals surface area contributed by atoms with Crippen LogP contribution in [-0.2, 0) is 0 Å². The smallest absolute Gasteiger partial charge is 0.189 e. The Kier molecular flexibility index (Phi) is 3.61. The summed E-state index contributed by atoms with van der Waals surface area (Å²) in [7, 11) is 0. The zero-order valence-electron chi connectivity index (χ0n) is 10.3. The minimum atomic E-state index is -0.495. The second-order valence-corrected chi connectivity index (χ2v) is 4.14. The van der Waals surface area contributed by atoms with Gasteiger partial charge in [0, 0.05) is 11.6 Å². The molecule has 0 radical (unpaired) electrons. The lowest BCUT2D eigenvalue weighted by Gasteiger charge is -2.02. The van der Waals surface area contributed by atoms with E-state index in [1.54, 1.807) is 0 Å². The van der Waals surface area contributed by atoms with E-state index in [2.05, 4.69) is 0 Å². The van der Waals surface area contributed by atoms with Crippen LogP contribution in [0.5, 0.6) is 23.0 Å². The summed E-state index contributed by atoms with van der Waals surface area (Å²) < 4.78 is 0. The van der Waals surface area contributed by atoms with Gasteiger partial charge >= 0.3 is 0 Å². The van der Waals surface area contributed by atoms with Crippen LogP contribution in [0, 0.1) is 0 Å². The van der Waals surface area contributed by atoms with Gasteiger partial charge in [0.1, 0.15) is 23.0 Å². The highest BCUT2D eigenvalue weighted by molar-refractivity contribution is 6.08. The number of allylic oxidation sites excluding steroid dienone is 1. The van der Waals surface area contributed by atoms with Gasteiger partial charge in [0.2, 0.25) is 0 Å². The van der Waals surface area contributed by atoms with Crippen molar-refractivity contribution in [1.82, 2.24) is 0 Å². The van der Waals surface area contributed by atoms with Crippen molar-refractivity contribution < 1.29 is 25.2 Å². The van der Waals surface area contributed by atoms with E-state index in [1.165, 1.54) is 36.4 Å². The molecule has 0 aliphatic heterocycles. The van der Waals surface area contributed by atoms with Crippen LogP contribution >= 0.6 is 0 Å². The van der Waals surface area contributed by atoms with Gasteiger partial charge in [-0.25, -0.2) is 0 Å². The van der Waals surface area contributed by atoms with Crippen molar-refractivity contribution >= 4 is 11.9 Å². The number of benzene rings is 2. The van der Waals surface area contributed by atoms with Crippen molar-refractivity contribution in [1.29, 1.82) is 0 Å². The lowest BCUT2D eigenvalue weighted by atomic mass is 10.1. The van der Waals surface area contributed by atoms with Crippen LogP contribution in [-0.4, -0.2) is 26.2 Å².